The molecule has 3 aliphatic rings. The van der Waals surface area contributed by atoms with Gasteiger partial charge in [0.2, 0.25) is 11.8 Å². The summed E-state index contributed by atoms with van der Waals surface area (Å²) in [4.78, 5) is 44.8. The summed E-state index contributed by atoms with van der Waals surface area (Å²) in [5.74, 6) is -1.96. The molecule has 1 N–H and O–H groups in total. The van der Waals surface area contributed by atoms with Gasteiger partial charge in [0.1, 0.15) is 12.6 Å². The summed E-state index contributed by atoms with van der Waals surface area (Å²) >= 11 is 5.35. The molecular formula is C27H33BrN2O5S. The van der Waals surface area contributed by atoms with Crippen molar-refractivity contribution in [2.24, 2.45) is 11.8 Å². The number of benzene rings is 1. The molecule has 2 bridgehead atoms. The zero-order valence-corrected chi connectivity index (χ0v) is 22.7. The monoisotopic (exact) mass is 576 g/mol. The van der Waals surface area contributed by atoms with Crippen molar-refractivity contribution in [1.82, 2.24) is 9.80 Å². The Morgan fingerprint density at radius 1 is 1.25 bits per heavy atom. The van der Waals surface area contributed by atoms with Crippen molar-refractivity contribution in [3.63, 3.8) is 0 Å². The molecule has 0 radical (unpaired) electrons. The number of alkyl halides is 1. The quantitative estimate of drug-likeness (QED) is 0.178. The molecule has 194 valence electrons. The van der Waals surface area contributed by atoms with Crippen LogP contribution in [0.3, 0.4) is 0 Å². The summed E-state index contributed by atoms with van der Waals surface area (Å²) in [6.07, 6.45) is 4.94. The first-order valence-electron chi connectivity index (χ1n) is 12.3. The molecule has 3 fully saturated rings. The van der Waals surface area contributed by atoms with Crippen LogP contribution in [0.25, 0.3) is 0 Å². The molecular weight excluding hydrogens is 544 g/mol. The Balaban J connectivity index is 1.71. The SMILES string of the molecule is C=CCOC(=O)[C@H]1[C@@H]2SC3(CC2Br)C(C(=O)N(CC=C)Cc2ccccc2)N(CCCCO)C(=O)[C@H]13. The van der Waals surface area contributed by atoms with E-state index in [1.165, 1.54) is 6.08 Å². The van der Waals surface area contributed by atoms with Crippen molar-refractivity contribution in [3.8, 4) is 0 Å². The number of thioether (sulfide) groups is 1. The fourth-order valence-corrected chi connectivity index (χ4v) is 9.51. The van der Waals surface area contributed by atoms with Crippen LogP contribution in [0, 0.1) is 11.8 Å². The Morgan fingerprint density at radius 2 is 2.00 bits per heavy atom. The maximum atomic E-state index is 14.3. The van der Waals surface area contributed by atoms with E-state index in [0.717, 1.165) is 5.56 Å². The number of carbonyl (C=O) groups excluding carboxylic acids is 3. The topological polar surface area (TPSA) is 87.2 Å². The second-order valence-corrected chi connectivity index (χ2v) is 12.3. The van der Waals surface area contributed by atoms with E-state index >= 15 is 0 Å². The van der Waals surface area contributed by atoms with E-state index in [4.69, 9.17) is 4.74 Å². The van der Waals surface area contributed by atoms with Crippen LogP contribution < -0.4 is 0 Å². The predicted molar refractivity (Wildman–Crippen MR) is 143 cm³/mol. The van der Waals surface area contributed by atoms with Gasteiger partial charge in [-0.25, -0.2) is 0 Å². The number of halogens is 1. The van der Waals surface area contributed by atoms with Gasteiger partial charge in [0.25, 0.3) is 0 Å². The standard InChI is InChI=1S/C27H33BrN2O5S/c1-3-12-29(17-18-10-6-5-7-11-18)25(33)23-27-16-19(28)22(36-27)20(26(34)35-15-4-2)21(27)24(32)30(23)13-8-9-14-31/h3-7,10-11,19-23,31H,1-2,8-9,12-17H2/t19?,20-,21+,22-,23?,27?/m1/s1. The Bertz CT molecular complexity index is 1010. The predicted octanol–water partition coefficient (Wildman–Crippen LogP) is 3.17. The van der Waals surface area contributed by atoms with Gasteiger partial charge in [0.15, 0.2) is 0 Å². The number of ether oxygens (including phenoxy) is 1. The molecule has 1 spiro atoms. The first kappa shape index (κ1) is 26.9. The van der Waals surface area contributed by atoms with Crippen LogP contribution in [0.4, 0.5) is 0 Å². The van der Waals surface area contributed by atoms with Gasteiger partial charge in [-0.3, -0.25) is 14.4 Å². The average molecular weight is 578 g/mol. The lowest BCUT2D eigenvalue weighted by atomic mass is 9.71. The minimum absolute atomic E-state index is 0.0116. The third-order valence-electron chi connectivity index (χ3n) is 7.32. The third kappa shape index (κ3) is 4.77. The number of unbranched alkanes of at least 4 members (excludes halogenated alkanes) is 1. The van der Waals surface area contributed by atoms with E-state index in [2.05, 4.69) is 29.1 Å². The molecule has 3 heterocycles. The van der Waals surface area contributed by atoms with Crippen LogP contribution in [0.1, 0.15) is 24.8 Å². The Hall–Kier alpha value is -2.10. The molecule has 6 atom stereocenters. The summed E-state index contributed by atoms with van der Waals surface area (Å²) in [5.41, 5.74) is 0.991. The van der Waals surface area contributed by atoms with Gasteiger partial charge >= 0.3 is 5.97 Å². The minimum atomic E-state index is -0.722. The van der Waals surface area contributed by atoms with Crippen molar-refractivity contribution >= 4 is 45.5 Å². The number of aliphatic hydroxyl groups is 1. The zero-order valence-electron chi connectivity index (χ0n) is 20.3. The Morgan fingerprint density at radius 3 is 2.67 bits per heavy atom. The summed E-state index contributed by atoms with van der Waals surface area (Å²) in [6, 6.07) is 9.04. The number of hydrogen-bond donors (Lipinski definition) is 1. The number of nitrogens with zero attached hydrogens (tertiary/aromatic N) is 2. The average Bonchev–Trinajstić information content (AvgIpc) is 3.46. The third-order valence-corrected chi connectivity index (χ3v) is 10.5. The molecule has 36 heavy (non-hydrogen) atoms. The Labute approximate surface area is 225 Å². The van der Waals surface area contributed by atoms with Crippen LogP contribution >= 0.6 is 27.7 Å². The summed E-state index contributed by atoms with van der Waals surface area (Å²) in [5, 5.41) is 9.19. The number of carbonyl (C=O) groups is 3. The number of aliphatic hydroxyl groups excluding tert-OH is 1. The number of esters is 1. The summed E-state index contributed by atoms with van der Waals surface area (Å²) < 4.78 is 4.70. The normalized spacial score (nSPS) is 30.2. The van der Waals surface area contributed by atoms with Crippen molar-refractivity contribution < 1.29 is 24.2 Å². The van der Waals surface area contributed by atoms with Gasteiger partial charge in [-0.15, -0.1) is 18.3 Å². The molecule has 0 aliphatic carbocycles. The minimum Gasteiger partial charge on any atom is -0.461 e. The van der Waals surface area contributed by atoms with Gasteiger partial charge in [-0.1, -0.05) is 65.0 Å². The zero-order chi connectivity index (χ0) is 25.9. The van der Waals surface area contributed by atoms with Crippen LogP contribution in [0.5, 0.6) is 0 Å². The second-order valence-electron chi connectivity index (χ2n) is 9.54. The second kappa shape index (κ2) is 11.5. The first-order chi connectivity index (χ1) is 17.4. The number of hydrogen-bond acceptors (Lipinski definition) is 6. The van der Waals surface area contributed by atoms with E-state index in [-0.39, 0.29) is 35.1 Å². The van der Waals surface area contributed by atoms with E-state index < -0.39 is 28.6 Å². The summed E-state index contributed by atoms with van der Waals surface area (Å²) in [7, 11) is 0. The van der Waals surface area contributed by atoms with E-state index in [9.17, 15) is 19.5 Å². The maximum absolute atomic E-state index is 14.3. The van der Waals surface area contributed by atoms with E-state index in [0.29, 0.717) is 38.9 Å². The first-order valence-corrected chi connectivity index (χ1v) is 14.1. The fraction of sp³-hybridized carbons (Fsp3) is 0.519. The molecule has 1 aromatic rings. The number of fused-ring (bicyclic) bond motifs is 1. The highest BCUT2D eigenvalue weighted by molar-refractivity contribution is 9.09. The van der Waals surface area contributed by atoms with Crippen LogP contribution in [-0.2, 0) is 25.7 Å². The molecule has 9 heteroatoms. The Kier molecular flexibility index (Phi) is 8.63. The lowest BCUT2D eigenvalue weighted by Gasteiger charge is -2.38. The number of amides is 2. The highest BCUT2D eigenvalue weighted by atomic mass is 79.9. The van der Waals surface area contributed by atoms with Crippen LogP contribution in [0.2, 0.25) is 0 Å². The van der Waals surface area contributed by atoms with Crippen molar-refractivity contribution in [2.45, 2.75) is 46.7 Å². The number of rotatable bonds is 12. The van der Waals surface area contributed by atoms with Gasteiger partial charge in [0, 0.05) is 36.3 Å². The van der Waals surface area contributed by atoms with E-state index in [1.807, 2.05) is 30.3 Å². The highest BCUT2D eigenvalue weighted by Gasteiger charge is 2.76. The smallest absolute Gasteiger partial charge is 0.311 e. The molecule has 0 saturated carbocycles. The largest absolute Gasteiger partial charge is 0.461 e. The molecule has 3 saturated heterocycles. The molecule has 2 amide bonds. The molecule has 3 aliphatic heterocycles. The van der Waals surface area contributed by atoms with Crippen molar-refractivity contribution in [2.75, 3.05) is 26.3 Å². The molecule has 4 rings (SSSR count). The van der Waals surface area contributed by atoms with E-state index in [1.54, 1.807) is 27.6 Å². The van der Waals surface area contributed by atoms with Gasteiger partial charge in [-0.2, -0.15) is 0 Å². The van der Waals surface area contributed by atoms with Gasteiger partial charge < -0.3 is 19.6 Å². The molecule has 7 nitrogen and oxygen atoms in total. The highest BCUT2D eigenvalue weighted by Crippen LogP contribution is 2.68. The van der Waals surface area contributed by atoms with Crippen LogP contribution in [0.15, 0.2) is 55.6 Å². The van der Waals surface area contributed by atoms with Crippen LogP contribution in [-0.4, -0.2) is 79.9 Å². The fourth-order valence-electron chi connectivity index (χ4n) is 5.91. The molecule has 3 unspecified atom stereocenters. The van der Waals surface area contributed by atoms with Gasteiger partial charge in [0.05, 0.1) is 16.6 Å². The van der Waals surface area contributed by atoms with Crippen molar-refractivity contribution in [1.29, 1.82) is 0 Å². The molecule has 0 aromatic heterocycles. The van der Waals surface area contributed by atoms with Gasteiger partial charge in [-0.05, 0) is 24.8 Å². The lowest BCUT2D eigenvalue weighted by Crippen LogP contribution is -2.55. The summed E-state index contributed by atoms with van der Waals surface area (Å²) in [6.45, 7) is 8.67. The maximum Gasteiger partial charge on any atom is 0.311 e. The number of likely N-dealkylation sites (tertiary alicyclic amines) is 1. The molecule has 1 aromatic carbocycles. The van der Waals surface area contributed by atoms with Crippen molar-refractivity contribution in [3.05, 3.63) is 61.2 Å². The lowest BCUT2D eigenvalue weighted by molar-refractivity contribution is -0.153.